The van der Waals surface area contributed by atoms with Gasteiger partial charge in [-0.25, -0.2) is 0 Å². The summed E-state index contributed by atoms with van der Waals surface area (Å²) in [6, 6.07) is 7.21. The summed E-state index contributed by atoms with van der Waals surface area (Å²) in [5.74, 6) is 1.70. The predicted molar refractivity (Wildman–Crippen MR) is 89.4 cm³/mol. The number of carbonyl (C=O) groups is 1. The number of benzene rings is 1. The zero-order valence-corrected chi connectivity index (χ0v) is 13.9. The van der Waals surface area contributed by atoms with Gasteiger partial charge in [-0.1, -0.05) is 11.6 Å². The Kier molecular flexibility index (Phi) is 7.00. The van der Waals surface area contributed by atoms with E-state index in [1.807, 2.05) is 24.1 Å². The van der Waals surface area contributed by atoms with Crippen molar-refractivity contribution in [3.8, 4) is 5.75 Å². The Hall–Kier alpha value is -1.26. The first-order chi connectivity index (χ1) is 10.7. The molecule has 0 unspecified atom stereocenters. The van der Waals surface area contributed by atoms with Crippen molar-refractivity contribution in [3.63, 3.8) is 0 Å². The minimum Gasteiger partial charge on any atom is -0.493 e. The average molecular weight is 325 g/mol. The molecule has 0 aromatic heterocycles. The molecule has 1 heterocycles. The van der Waals surface area contributed by atoms with Crippen molar-refractivity contribution >= 4 is 17.5 Å². The molecule has 1 aromatic rings. The lowest BCUT2D eigenvalue weighted by molar-refractivity contribution is -0.133. The first-order valence-corrected chi connectivity index (χ1v) is 8.37. The van der Waals surface area contributed by atoms with Crippen LogP contribution >= 0.6 is 11.6 Å². The van der Waals surface area contributed by atoms with Gasteiger partial charge in [0.1, 0.15) is 5.75 Å². The molecule has 0 radical (unpaired) electrons. The summed E-state index contributed by atoms with van der Waals surface area (Å²) in [7, 11) is 1.99. The summed E-state index contributed by atoms with van der Waals surface area (Å²) in [6.07, 6.45) is 3.87. The van der Waals surface area contributed by atoms with E-state index < -0.39 is 0 Å². The Balaban J connectivity index is 1.64. The maximum atomic E-state index is 12.2. The van der Waals surface area contributed by atoms with Crippen LogP contribution in [-0.4, -0.2) is 44.1 Å². The number of nitrogens with one attached hydrogen (secondary N) is 1. The Morgan fingerprint density at radius 1 is 1.32 bits per heavy atom. The topological polar surface area (TPSA) is 41.6 Å². The molecule has 0 aliphatic carbocycles. The van der Waals surface area contributed by atoms with Gasteiger partial charge in [0.2, 0.25) is 5.91 Å². The molecule has 0 atom stereocenters. The van der Waals surface area contributed by atoms with Crippen LogP contribution in [0.1, 0.15) is 25.7 Å². The molecule has 4 nitrogen and oxygen atoms in total. The van der Waals surface area contributed by atoms with E-state index in [1.54, 1.807) is 12.1 Å². The Bertz CT molecular complexity index is 456. The molecule has 1 aliphatic rings. The number of hydrogen-bond acceptors (Lipinski definition) is 3. The number of rotatable bonds is 7. The number of nitrogens with zero attached hydrogens (tertiary/aromatic N) is 1. The van der Waals surface area contributed by atoms with Gasteiger partial charge in [0, 0.05) is 18.1 Å². The smallest absolute Gasteiger partial charge is 0.225 e. The van der Waals surface area contributed by atoms with Gasteiger partial charge in [-0.3, -0.25) is 4.79 Å². The largest absolute Gasteiger partial charge is 0.493 e. The highest BCUT2D eigenvalue weighted by Crippen LogP contribution is 2.20. The van der Waals surface area contributed by atoms with Gasteiger partial charge in [-0.05, 0) is 63.0 Å². The maximum absolute atomic E-state index is 12.2. The number of piperidine rings is 1. The number of hydrogen-bond donors (Lipinski definition) is 1. The highest BCUT2D eigenvalue weighted by molar-refractivity contribution is 6.30. The fourth-order valence-electron chi connectivity index (χ4n) is 2.76. The van der Waals surface area contributed by atoms with Gasteiger partial charge in [0.05, 0.1) is 13.0 Å². The highest BCUT2D eigenvalue weighted by Gasteiger charge is 2.22. The third-order valence-corrected chi connectivity index (χ3v) is 4.42. The fourth-order valence-corrected chi connectivity index (χ4v) is 2.89. The molecule has 5 heteroatoms. The summed E-state index contributed by atoms with van der Waals surface area (Å²) in [4.78, 5) is 14.1. The van der Waals surface area contributed by atoms with Crippen molar-refractivity contribution in [1.82, 2.24) is 10.2 Å². The number of ether oxygens (including phenoxy) is 1. The molecule has 1 N–H and O–H groups in total. The van der Waals surface area contributed by atoms with Crippen molar-refractivity contribution < 1.29 is 9.53 Å². The number of halogens is 1. The fraction of sp³-hybridized carbons (Fsp3) is 0.588. The normalized spacial score (nSPS) is 15.8. The Labute approximate surface area is 137 Å². The van der Waals surface area contributed by atoms with E-state index in [0.29, 0.717) is 18.1 Å². The van der Waals surface area contributed by atoms with E-state index >= 15 is 0 Å². The summed E-state index contributed by atoms with van der Waals surface area (Å²) < 4.78 is 5.58. The lowest BCUT2D eigenvalue weighted by Crippen LogP contribution is -2.39. The molecule has 1 aliphatic heterocycles. The molecule has 1 saturated heterocycles. The van der Waals surface area contributed by atoms with Gasteiger partial charge in [-0.2, -0.15) is 0 Å². The Morgan fingerprint density at radius 3 is 2.64 bits per heavy atom. The van der Waals surface area contributed by atoms with Crippen molar-refractivity contribution in [2.75, 3.05) is 33.3 Å². The molecular weight excluding hydrogens is 300 g/mol. The van der Waals surface area contributed by atoms with Gasteiger partial charge in [-0.15, -0.1) is 0 Å². The molecule has 22 heavy (non-hydrogen) atoms. The van der Waals surface area contributed by atoms with Crippen molar-refractivity contribution in [2.45, 2.75) is 25.7 Å². The molecule has 122 valence electrons. The van der Waals surface area contributed by atoms with Crippen LogP contribution in [0.25, 0.3) is 0 Å². The standard InChI is InChI=1S/C17H25ClN2O2/c1-19-10-6-14-7-11-20(12-8-14)17(21)9-13-22-16-4-2-15(18)3-5-16/h2-5,14,19H,6-13H2,1H3. The van der Waals surface area contributed by atoms with E-state index in [4.69, 9.17) is 16.3 Å². The molecule has 2 rings (SSSR count). The second-order valence-corrected chi connectivity index (χ2v) is 6.21. The number of amides is 1. The number of likely N-dealkylation sites (tertiary alicyclic amines) is 1. The maximum Gasteiger partial charge on any atom is 0.225 e. The van der Waals surface area contributed by atoms with Crippen LogP contribution in [0.2, 0.25) is 5.02 Å². The SMILES string of the molecule is CNCCC1CCN(C(=O)CCOc2ccc(Cl)cc2)CC1. The van der Waals surface area contributed by atoms with Crippen LogP contribution in [0.5, 0.6) is 5.75 Å². The molecular formula is C17H25ClN2O2. The van der Waals surface area contributed by atoms with Crippen LogP contribution in [0.3, 0.4) is 0 Å². The summed E-state index contributed by atoms with van der Waals surface area (Å²) in [5.41, 5.74) is 0. The highest BCUT2D eigenvalue weighted by atomic mass is 35.5. The van der Waals surface area contributed by atoms with E-state index in [0.717, 1.165) is 44.1 Å². The zero-order chi connectivity index (χ0) is 15.8. The zero-order valence-electron chi connectivity index (χ0n) is 13.2. The molecule has 1 amide bonds. The predicted octanol–water partition coefficient (Wildman–Crippen LogP) is 2.96. The van der Waals surface area contributed by atoms with Gasteiger partial charge in [0.15, 0.2) is 0 Å². The molecule has 1 fully saturated rings. The molecule has 1 aromatic carbocycles. The lowest BCUT2D eigenvalue weighted by atomic mass is 9.93. The third-order valence-electron chi connectivity index (χ3n) is 4.17. The van der Waals surface area contributed by atoms with Crippen LogP contribution in [-0.2, 0) is 4.79 Å². The van der Waals surface area contributed by atoms with Crippen LogP contribution in [0.4, 0.5) is 0 Å². The van der Waals surface area contributed by atoms with Gasteiger partial charge < -0.3 is 15.0 Å². The van der Waals surface area contributed by atoms with Crippen LogP contribution in [0, 0.1) is 5.92 Å². The minimum absolute atomic E-state index is 0.195. The van der Waals surface area contributed by atoms with E-state index in [-0.39, 0.29) is 5.91 Å². The summed E-state index contributed by atoms with van der Waals surface area (Å²) in [5, 5.41) is 3.88. The van der Waals surface area contributed by atoms with E-state index in [2.05, 4.69) is 5.32 Å². The molecule has 0 bridgehead atoms. The quantitative estimate of drug-likeness (QED) is 0.838. The van der Waals surface area contributed by atoms with Crippen molar-refractivity contribution in [3.05, 3.63) is 29.3 Å². The Morgan fingerprint density at radius 2 is 2.00 bits per heavy atom. The second-order valence-electron chi connectivity index (χ2n) is 5.77. The van der Waals surface area contributed by atoms with Gasteiger partial charge >= 0.3 is 0 Å². The monoisotopic (exact) mass is 324 g/mol. The average Bonchev–Trinajstić information content (AvgIpc) is 2.55. The summed E-state index contributed by atoms with van der Waals surface area (Å²) >= 11 is 5.82. The van der Waals surface area contributed by atoms with Crippen LogP contribution in [0.15, 0.2) is 24.3 Å². The van der Waals surface area contributed by atoms with Crippen LogP contribution < -0.4 is 10.1 Å². The number of carbonyl (C=O) groups excluding carboxylic acids is 1. The van der Waals surface area contributed by atoms with E-state index in [9.17, 15) is 4.79 Å². The van der Waals surface area contributed by atoms with E-state index in [1.165, 1.54) is 6.42 Å². The second kappa shape index (κ2) is 9.01. The third kappa shape index (κ3) is 5.50. The minimum atomic E-state index is 0.195. The molecule has 0 spiro atoms. The van der Waals surface area contributed by atoms with Crippen molar-refractivity contribution in [2.24, 2.45) is 5.92 Å². The first kappa shape index (κ1) is 17.1. The summed E-state index contributed by atoms with van der Waals surface area (Å²) in [6.45, 7) is 3.25. The molecule has 0 saturated carbocycles. The lowest BCUT2D eigenvalue weighted by Gasteiger charge is -2.32. The first-order valence-electron chi connectivity index (χ1n) is 8.00. The van der Waals surface area contributed by atoms with Gasteiger partial charge in [0.25, 0.3) is 0 Å². The van der Waals surface area contributed by atoms with Crippen molar-refractivity contribution in [1.29, 1.82) is 0 Å².